The number of halogens is 1. The molecule has 2 aromatic rings. The standard InChI is InChI=1S/C21H27N3O2.ClH/c1-15(2)17-6-4-8-19(12-17)26-16(3)21(25)24-11-10-23-14-20(24)18-7-5-9-22-13-18;/h4-9,12-13,15-16,20,23H,10-11,14H2,1-3H3;1H. The van der Waals surface area contributed by atoms with Gasteiger partial charge in [0.25, 0.3) is 5.91 Å². The van der Waals surface area contributed by atoms with E-state index in [1.807, 2.05) is 48.4 Å². The first kappa shape index (κ1) is 21.2. The highest BCUT2D eigenvalue weighted by atomic mass is 35.5. The molecule has 2 unspecified atom stereocenters. The zero-order chi connectivity index (χ0) is 18.5. The number of nitrogens with one attached hydrogen (secondary N) is 1. The minimum atomic E-state index is -0.533. The third kappa shape index (κ3) is 5.21. The molecule has 1 aromatic carbocycles. The first-order valence-electron chi connectivity index (χ1n) is 9.24. The molecule has 5 nitrogen and oxygen atoms in total. The van der Waals surface area contributed by atoms with Crippen LogP contribution in [0.5, 0.6) is 5.75 Å². The quantitative estimate of drug-likeness (QED) is 0.849. The topological polar surface area (TPSA) is 54.5 Å². The zero-order valence-electron chi connectivity index (χ0n) is 16.1. The summed E-state index contributed by atoms with van der Waals surface area (Å²) in [5.41, 5.74) is 2.25. The van der Waals surface area contributed by atoms with Crippen molar-refractivity contribution in [2.75, 3.05) is 19.6 Å². The molecule has 1 aliphatic heterocycles. The van der Waals surface area contributed by atoms with Crippen LogP contribution in [-0.2, 0) is 4.79 Å². The Morgan fingerprint density at radius 1 is 1.26 bits per heavy atom. The molecule has 1 aromatic heterocycles. The number of piperazine rings is 1. The Hall–Kier alpha value is -2.11. The second-order valence-corrected chi connectivity index (χ2v) is 7.03. The van der Waals surface area contributed by atoms with Crippen molar-refractivity contribution < 1.29 is 9.53 Å². The first-order valence-corrected chi connectivity index (χ1v) is 9.24. The van der Waals surface area contributed by atoms with Crippen molar-refractivity contribution in [1.82, 2.24) is 15.2 Å². The van der Waals surface area contributed by atoms with Crippen molar-refractivity contribution in [3.05, 3.63) is 59.9 Å². The summed E-state index contributed by atoms with van der Waals surface area (Å²) in [5.74, 6) is 1.17. The van der Waals surface area contributed by atoms with Crippen molar-refractivity contribution >= 4 is 18.3 Å². The van der Waals surface area contributed by atoms with Gasteiger partial charge in [0.05, 0.1) is 6.04 Å². The fraction of sp³-hybridized carbons (Fsp3) is 0.429. The molecule has 0 saturated carbocycles. The molecule has 1 aliphatic rings. The summed E-state index contributed by atoms with van der Waals surface area (Å²) in [6, 6.07) is 11.9. The zero-order valence-corrected chi connectivity index (χ0v) is 16.9. The average molecular weight is 390 g/mol. The molecule has 2 heterocycles. The van der Waals surface area contributed by atoms with E-state index in [4.69, 9.17) is 4.74 Å². The van der Waals surface area contributed by atoms with E-state index >= 15 is 0 Å². The van der Waals surface area contributed by atoms with Crippen LogP contribution in [0.1, 0.15) is 43.9 Å². The number of hydrogen-bond donors (Lipinski definition) is 1. The van der Waals surface area contributed by atoms with Crippen LogP contribution in [0.25, 0.3) is 0 Å². The number of benzene rings is 1. The highest BCUT2D eigenvalue weighted by Gasteiger charge is 2.31. The number of nitrogens with zero attached hydrogens (tertiary/aromatic N) is 2. The van der Waals surface area contributed by atoms with Crippen LogP contribution in [0.4, 0.5) is 0 Å². The molecule has 1 amide bonds. The number of carbonyl (C=O) groups excluding carboxylic acids is 1. The van der Waals surface area contributed by atoms with Gasteiger partial charge in [0.2, 0.25) is 0 Å². The van der Waals surface area contributed by atoms with Crippen LogP contribution in [0, 0.1) is 0 Å². The van der Waals surface area contributed by atoms with Gasteiger partial charge >= 0.3 is 0 Å². The summed E-state index contributed by atoms with van der Waals surface area (Å²) in [6.45, 7) is 8.30. The number of ether oxygens (including phenoxy) is 1. The van der Waals surface area contributed by atoms with Gasteiger partial charge in [0.1, 0.15) is 5.75 Å². The van der Waals surface area contributed by atoms with Crippen LogP contribution in [-0.4, -0.2) is 41.5 Å². The summed E-state index contributed by atoms with van der Waals surface area (Å²) in [6.07, 6.45) is 3.05. The molecular weight excluding hydrogens is 362 g/mol. The van der Waals surface area contributed by atoms with Gasteiger partial charge in [-0.1, -0.05) is 32.0 Å². The Labute approximate surface area is 167 Å². The maximum Gasteiger partial charge on any atom is 0.263 e. The van der Waals surface area contributed by atoms with Crippen LogP contribution in [0.15, 0.2) is 48.8 Å². The first-order chi connectivity index (χ1) is 12.6. The Morgan fingerprint density at radius 3 is 2.78 bits per heavy atom. The van der Waals surface area contributed by atoms with E-state index < -0.39 is 6.10 Å². The van der Waals surface area contributed by atoms with Gasteiger partial charge in [-0.3, -0.25) is 9.78 Å². The number of pyridine rings is 1. The number of rotatable bonds is 5. The molecule has 1 fully saturated rings. The fourth-order valence-electron chi connectivity index (χ4n) is 3.27. The predicted molar refractivity (Wildman–Crippen MR) is 109 cm³/mol. The molecule has 1 N–H and O–H groups in total. The minimum absolute atomic E-state index is 0. The number of carbonyl (C=O) groups is 1. The van der Waals surface area contributed by atoms with Gasteiger partial charge in [-0.15, -0.1) is 12.4 Å². The van der Waals surface area contributed by atoms with Crippen LogP contribution in [0.3, 0.4) is 0 Å². The van der Waals surface area contributed by atoms with E-state index in [0.717, 1.165) is 24.4 Å². The molecule has 1 saturated heterocycles. The van der Waals surface area contributed by atoms with E-state index in [9.17, 15) is 4.79 Å². The third-order valence-electron chi connectivity index (χ3n) is 4.78. The van der Waals surface area contributed by atoms with Crippen LogP contribution < -0.4 is 10.1 Å². The molecule has 0 aliphatic carbocycles. The molecule has 3 rings (SSSR count). The van der Waals surface area contributed by atoms with Gasteiger partial charge in [-0.05, 0) is 42.2 Å². The van der Waals surface area contributed by atoms with Crippen molar-refractivity contribution in [1.29, 1.82) is 0 Å². The normalized spacial score (nSPS) is 17.9. The van der Waals surface area contributed by atoms with Crippen LogP contribution >= 0.6 is 12.4 Å². The predicted octanol–water partition coefficient (Wildman–Crippen LogP) is 3.57. The van der Waals surface area contributed by atoms with Gasteiger partial charge in [0.15, 0.2) is 6.10 Å². The Kier molecular flexibility index (Phi) is 7.63. The Balaban J connectivity index is 0.00000261. The van der Waals surface area contributed by atoms with Gasteiger partial charge < -0.3 is 15.0 Å². The smallest absolute Gasteiger partial charge is 0.263 e. The molecule has 0 bridgehead atoms. The summed E-state index contributed by atoms with van der Waals surface area (Å²) in [4.78, 5) is 19.2. The minimum Gasteiger partial charge on any atom is -0.481 e. The van der Waals surface area contributed by atoms with Crippen LogP contribution in [0.2, 0.25) is 0 Å². The monoisotopic (exact) mass is 389 g/mol. The van der Waals surface area contributed by atoms with E-state index in [-0.39, 0.29) is 24.4 Å². The lowest BCUT2D eigenvalue weighted by atomic mass is 10.0. The van der Waals surface area contributed by atoms with Gasteiger partial charge in [0, 0.05) is 32.0 Å². The molecule has 146 valence electrons. The summed E-state index contributed by atoms with van der Waals surface area (Å²) >= 11 is 0. The molecule has 27 heavy (non-hydrogen) atoms. The van der Waals surface area contributed by atoms with E-state index in [1.54, 1.807) is 6.20 Å². The molecule has 0 spiro atoms. The molecule has 6 heteroatoms. The number of amides is 1. The van der Waals surface area contributed by atoms with E-state index in [0.29, 0.717) is 12.5 Å². The lowest BCUT2D eigenvalue weighted by Gasteiger charge is -2.37. The molecule has 2 atom stereocenters. The maximum absolute atomic E-state index is 13.1. The van der Waals surface area contributed by atoms with E-state index in [2.05, 4.69) is 30.2 Å². The second-order valence-electron chi connectivity index (χ2n) is 7.03. The summed E-state index contributed by atoms with van der Waals surface area (Å²) < 4.78 is 5.98. The SMILES string of the molecule is CC(Oc1cccc(C(C)C)c1)C(=O)N1CCNCC1c1cccnc1.Cl. The van der Waals surface area contributed by atoms with Gasteiger partial charge in [-0.2, -0.15) is 0 Å². The molecule has 0 radical (unpaired) electrons. The lowest BCUT2D eigenvalue weighted by Crippen LogP contribution is -2.52. The number of aromatic nitrogens is 1. The molecular formula is C21H28ClN3O2. The maximum atomic E-state index is 13.1. The summed E-state index contributed by atoms with van der Waals surface area (Å²) in [5, 5.41) is 3.36. The lowest BCUT2D eigenvalue weighted by molar-refractivity contribution is -0.141. The van der Waals surface area contributed by atoms with Crippen molar-refractivity contribution in [3.8, 4) is 5.75 Å². The Morgan fingerprint density at radius 2 is 2.07 bits per heavy atom. The second kappa shape index (κ2) is 9.72. The average Bonchev–Trinajstić information content (AvgIpc) is 2.68. The highest BCUT2D eigenvalue weighted by Crippen LogP contribution is 2.25. The van der Waals surface area contributed by atoms with Crippen molar-refractivity contribution in [2.24, 2.45) is 0 Å². The van der Waals surface area contributed by atoms with Gasteiger partial charge in [-0.25, -0.2) is 0 Å². The fourth-order valence-corrected chi connectivity index (χ4v) is 3.27. The Bertz CT molecular complexity index is 739. The van der Waals surface area contributed by atoms with Crippen molar-refractivity contribution in [3.63, 3.8) is 0 Å². The van der Waals surface area contributed by atoms with E-state index in [1.165, 1.54) is 5.56 Å². The third-order valence-corrected chi connectivity index (χ3v) is 4.78. The van der Waals surface area contributed by atoms with Crippen molar-refractivity contribution in [2.45, 2.75) is 38.8 Å². The highest BCUT2D eigenvalue weighted by molar-refractivity contribution is 5.85. The summed E-state index contributed by atoms with van der Waals surface area (Å²) in [7, 11) is 0. The number of hydrogen-bond acceptors (Lipinski definition) is 4. The largest absolute Gasteiger partial charge is 0.481 e.